The molecule has 0 bridgehead atoms. The minimum Gasteiger partial charge on any atom is -0.481 e. The Hall–Kier alpha value is -0.650. The molecular weight excluding hydrogens is 248 g/mol. The van der Waals surface area contributed by atoms with Crippen molar-refractivity contribution in [1.29, 1.82) is 0 Å². The Morgan fingerprint density at radius 3 is 2.47 bits per heavy atom. The molecule has 0 heterocycles. The Bertz CT molecular complexity index is 208. The van der Waals surface area contributed by atoms with Crippen LogP contribution in [0, 0.1) is 0 Å². The largest absolute Gasteiger partial charge is 0.481 e. The monoisotopic (exact) mass is 276 g/mol. The molecular formula is C14H28O5. The van der Waals surface area contributed by atoms with Crippen molar-refractivity contribution in [2.45, 2.75) is 51.6 Å². The highest BCUT2D eigenvalue weighted by Gasteiger charge is 2.13. The van der Waals surface area contributed by atoms with Gasteiger partial charge >= 0.3 is 5.97 Å². The van der Waals surface area contributed by atoms with E-state index in [-0.39, 0.29) is 12.5 Å². The van der Waals surface area contributed by atoms with E-state index in [2.05, 4.69) is 6.92 Å². The van der Waals surface area contributed by atoms with Gasteiger partial charge in [-0.25, -0.2) is 0 Å². The number of methoxy groups -OCH3 is 1. The molecule has 0 aliphatic heterocycles. The molecule has 0 aliphatic carbocycles. The van der Waals surface area contributed by atoms with Crippen LogP contribution in [0.1, 0.15) is 45.4 Å². The molecule has 5 nitrogen and oxygen atoms in total. The van der Waals surface area contributed by atoms with Crippen LogP contribution in [0.15, 0.2) is 0 Å². The minimum absolute atomic E-state index is 0.0736. The van der Waals surface area contributed by atoms with Crippen LogP contribution >= 0.6 is 0 Å². The minimum atomic E-state index is -0.805. The number of carbonyl (C=O) groups is 1. The van der Waals surface area contributed by atoms with E-state index >= 15 is 0 Å². The molecule has 0 aromatic heterocycles. The fourth-order valence-corrected chi connectivity index (χ4v) is 1.76. The van der Waals surface area contributed by atoms with Crippen LogP contribution in [-0.4, -0.2) is 50.7 Å². The summed E-state index contributed by atoms with van der Waals surface area (Å²) in [6, 6.07) is 0. The number of hydrogen-bond acceptors (Lipinski definition) is 4. The molecule has 0 fully saturated rings. The molecule has 0 aromatic carbocycles. The smallest absolute Gasteiger partial charge is 0.305 e. The fraction of sp³-hybridized carbons (Fsp3) is 0.929. The molecule has 114 valence electrons. The van der Waals surface area contributed by atoms with Gasteiger partial charge in [-0.3, -0.25) is 4.79 Å². The van der Waals surface area contributed by atoms with Gasteiger partial charge in [0.1, 0.15) is 0 Å². The maximum absolute atomic E-state index is 10.7. The maximum Gasteiger partial charge on any atom is 0.305 e. The first-order valence-corrected chi connectivity index (χ1v) is 7.10. The van der Waals surface area contributed by atoms with E-state index in [0.717, 1.165) is 19.3 Å². The second kappa shape index (κ2) is 13.8. The van der Waals surface area contributed by atoms with E-state index < -0.39 is 5.97 Å². The standard InChI is InChI=1S/C14H28O5/c1-3-4-5-6-7-13(12-14(15)16)19-11-10-18-9-8-17-2/h13H,3-12H2,1-2H3,(H,15,16). The second-order valence-corrected chi connectivity index (χ2v) is 4.55. The summed E-state index contributed by atoms with van der Waals surface area (Å²) in [4.78, 5) is 10.7. The Morgan fingerprint density at radius 1 is 1.11 bits per heavy atom. The van der Waals surface area contributed by atoms with Gasteiger partial charge in [0.2, 0.25) is 0 Å². The number of ether oxygens (including phenoxy) is 3. The van der Waals surface area contributed by atoms with E-state index in [1.54, 1.807) is 7.11 Å². The van der Waals surface area contributed by atoms with E-state index in [4.69, 9.17) is 19.3 Å². The van der Waals surface area contributed by atoms with Crippen molar-refractivity contribution < 1.29 is 24.1 Å². The molecule has 0 rings (SSSR count). The molecule has 5 heteroatoms. The lowest BCUT2D eigenvalue weighted by molar-refractivity contribution is -0.140. The average molecular weight is 276 g/mol. The van der Waals surface area contributed by atoms with Crippen molar-refractivity contribution in [2.24, 2.45) is 0 Å². The predicted octanol–water partition coefficient (Wildman–Crippen LogP) is 2.48. The molecule has 1 unspecified atom stereocenters. The summed E-state index contributed by atoms with van der Waals surface area (Å²) in [5.74, 6) is -0.805. The van der Waals surface area contributed by atoms with Crippen molar-refractivity contribution in [3.63, 3.8) is 0 Å². The van der Waals surface area contributed by atoms with E-state index in [0.29, 0.717) is 26.4 Å². The third kappa shape index (κ3) is 13.6. The zero-order valence-electron chi connectivity index (χ0n) is 12.2. The first kappa shape index (κ1) is 18.4. The summed E-state index contributed by atoms with van der Waals surface area (Å²) in [6.07, 6.45) is 5.23. The van der Waals surface area contributed by atoms with Crippen LogP contribution in [0.25, 0.3) is 0 Å². The van der Waals surface area contributed by atoms with Crippen LogP contribution in [0.5, 0.6) is 0 Å². The van der Waals surface area contributed by atoms with E-state index in [9.17, 15) is 4.79 Å². The zero-order chi connectivity index (χ0) is 14.3. The summed E-state index contributed by atoms with van der Waals surface area (Å²) in [5.41, 5.74) is 0. The maximum atomic E-state index is 10.7. The second-order valence-electron chi connectivity index (χ2n) is 4.55. The van der Waals surface area contributed by atoms with E-state index in [1.807, 2.05) is 0 Å². The van der Waals surface area contributed by atoms with Gasteiger partial charge in [0.25, 0.3) is 0 Å². The van der Waals surface area contributed by atoms with Crippen LogP contribution in [-0.2, 0) is 19.0 Å². The molecule has 0 spiro atoms. The van der Waals surface area contributed by atoms with Crippen molar-refractivity contribution in [3.05, 3.63) is 0 Å². The molecule has 0 saturated carbocycles. The number of rotatable bonds is 14. The van der Waals surface area contributed by atoms with Gasteiger partial charge in [-0.05, 0) is 6.42 Å². The highest BCUT2D eigenvalue weighted by atomic mass is 16.5. The molecule has 0 saturated heterocycles. The zero-order valence-corrected chi connectivity index (χ0v) is 12.2. The van der Waals surface area contributed by atoms with Crippen molar-refractivity contribution in [1.82, 2.24) is 0 Å². The summed E-state index contributed by atoms with van der Waals surface area (Å²) in [7, 11) is 1.62. The lowest BCUT2D eigenvalue weighted by atomic mass is 10.1. The molecule has 0 aromatic rings. The molecule has 1 N–H and O–H groups in total. The lowest BCUT2D eigenvalue weighted by Gasteiger charge is -2.16. The average Bonchev–Trinajstić information content (AvgIpc) is 2.37. The Kier molecular flexibility index (Phi) is 13.3. The Balaban J connectivity index is 3.64. The summed E-state index contributed by atoms with van der Waals surface area (Å²) >= 11 is 0. The van der Waals surface area contributed by atoms with Gasteiger partial charge in [0.15, 0.2) is 0 Å². The molecule has 0 aliphatic rings. The summed E-state index contributed by atoms with van der Waals surface area (Å²) in [6.45, 7) is 4.18. The fourth-order valence-electron chi connectivity index (χ4n) is 1.76. The number of carboxylic acids is 1. The van der Waals surface area contributed by atoms with E-state index in [1.165, 1.54) is 12.8 Å². The normalized spacial score (nSPS) is 12.5. The quantitative estimate of drug-likeness (QED) is 0.494. The number of unbranched alkanes of at least 4 members (excludes halogenated alkanes) is 3. The van der Waals surface area contributed by atoms with Crippen molar-refractivity contribution >= 4 is 5.97 Å². The summed E-state index contributed by atoms with van der Waals surface area (Å²) < 4.78 is 15.7. The summed E-state index contributed by atoms with van der Waals surface area (Å²) in [5, 5.41) is 8.83. The first-order chi connectivity index (χ1) is 9.20. The Morgan fingerprint density at radius 2 is 1.84 bits per heavy atom. The van der Waals surface area contributed by atoms with Gasteiger partial charge in [-0.1, -0.05) is 32.6 Å². The predicted molar refractivity (Wildman–Crippen MR) is 73.4 cm³/mol. The van der Waals surface area contributed by atoms with Gasteiger partial charge < -0.3 is 19.3 Å². The third-order valence-corrected chi connectivity index (χ3v) is 2.79. The van der Waals surface area contributed by atoms with Crippen molar-refractivity contribution in [2.75, 3.05) is 33.5 Å². The molecule has 19 heavy (non-hydrogen) atoms. The number of aliphatic carboxylic acids is 1. The van der Waals surface area contributed by atoms with Gasteiger partial charge in [-0.2, -0.15) is 0 Å². The topological polar surface area (TPSA) is 65.0 Å². The highest BCUT2D eigenvalue weighted by molar-refractivity contribution is 5.67. The van der Waals surface area contributed by atoms with Crippen LogP contribution in [0.2, 0.25) is 0 Å². The van der Waals surface area contributed by atoms with Crippen LogP contribution in [0.4, 0.5) is 0 Å². The van der Waals surface area contributed by atoms with Crippen LogP contribution < -0.4 is 0 Å². The van der Waals surface area contributed by atoms with Crippen LogP contribution in [0.3, 0.4) is 0 Å². The van der Waals surface area contributed by atoms with Crippen molar-refractivity contribution in [3.8, 4) is 0 Å². The van der Waals surface area contributed by atoms with Gasteiger partial charge in [-0.15, -0.1) is 0 Å². The van der Waals surface area contributed by atoms with Gasteiger partial charge in [0, 0.05) is 7.11 Å². The molecule has 0 amide bonds. The highest BCUT2D eigenvalue weighted by Crippen LogP contribution is 2.11. The Labute approximate surface area is 116 Å². The lowest BCUT2D eigenvalue weighted by Crippen LogP contribution is -2.20. The van der Waals surface area contributed by atoms with Gasteiger partial charge in [0.05, 0.1) is 39.0 Å². The SMILES string of the molecule is CCCCCCC(CC(=O)O)OCCOCCOC. The number of carboxylic acid groups (broad SMARTS) is 1. The number of hydrogen-bond donors (Lipinski definition) is 1. The molecule has 1 atom stereocenters. The molecule has 0 radical (unpaired) electrons. The first-order valence-electron chi connectivity index (χ1n) is 7.10. The third-order valence-electron chi connectivity index (χ3n) is 2.79.